The zero-order chi connectivity index (χ0) is 13.7. The van der Waals surface area contributed by atoms with Gasteiger partial charge in [-0.25, -0.2) is 9.97 Å². The standard InChI is InChI=1S/C14H15ClN2OS/c1-3-4-12-13(15)16-9-17-14(12)19-11-7-5-10(18-2)6-8-11/h5-9H,3-4H2,1-2H3. The van der Waals surface area contributed by atoms with Gasteiger partial charge in [0, 0.05) is 10.5 Å². The highest BCUT2D eigenvalue weighted by atomic mass is 35.5. The molecule has 2 rings (SSSR count). The third kappa shape index (κ3) is 3.61. The van der Waals surface area contributed by atoms with E-state index >= 15 is 0 Å². The highest BCUT2D eigenvalue weighted by molar-refractivity contribution is 7.99. The van der Waals surface area contributed by atoms with Gasteiger partial charge < -0.3 is 4.74 Å². The average Bonchev–Trinajstić information content (AvgIpc) is 2.43. The quantitative estimate of drug-likeness (QED) is 0.773. The topological polar surface area (TPSA) is 35.0 Å². The molecular weight excluding hydrogens is 280 g/mol. The Bertz CT molecular complexity index is 546. The lowest BCUT2D eigenvalue weighted by Gasteiger charge is -2.08. The van der Waals surface area contributed by atoms with Crippen LogP contribution in [0.25, 0.3) is 0 Å². The van der Waals surface area contributed by atoms with Crippen molar-refractivity contribution in [2.75, 3.05) is 7.11 Å². The first-order valence-corrected chi connectivity index (χ1v) is 7.25. The van der Waals surface area contributed by atoms with E-state index in [-0.39, 0.29) is 0 Å². The smallest absolute Gasteiger partial charge is 0.136 e. The van der Waals surface area contributed by atoms with Gasteiger partial charge in [-0.05, 0) is 30.7 Å². The van der Waals surface area contributed by atoms with Gasteiger partial charge in [0.1, 0.15) is 22.3 Å². The van der Waals surface area contributed by atoms with Gasteiger partial charge in [0.15, 0.2) is 0 Å². The molecule has 0 aliphatic heterocycles. The molecule has 1 heterocycles. The van der Waals surface area contributed by atoms with Crippen LogP contribution in [0, 0.1) is 0 Å². The first-order chi connectivity index (χ1) is 9.24. The molecule has 100 valence electrons. The van der Waals surface area contributed by atoms with Crippen LogP contribution in [-0.4, -0.2) is 17.1 Å². The molecule has 3 nitrogen and oxygen atoms in total. The predicted octanol–water partition coefficient (Wildman–Crippen LogP) is 4.24. The summed E-state index contributed by atoms with van der Waals surface area (Å²) in [5, 5.41) is 1.47. The van der Waals surface area contributed by atoms with Crippen LogP contribution in [0.5, 0.6) is 5.75 Å². The maximum absolute atomic E-state index is 6.14. The zero-order valence-electron chi connectivity index (χ0n) is 10.9. The summed E-state index contributed by atoms with van der Waals surface area (Å²) in [6, 6.07) is 7.89. The van der Waals surface area contributed by atoms with Crippen LogP contribution in [0.15, 0.2) is 40.5 Å². The molecule has 0 aliphatic carbocycles. The summed E-state index contributed by atoms with van der Waals surface area (Å²) in [7, 11) is 1.66. The Kier molecular flexibility index (Phi) is 5.05. The van der Waals surface area contributed by atoms with Crippen LogP contribution in [0.3, 0.4) is 0 Å². The monoisotopic (exact) mass is 294 g/mol. The van der Waals surface area contributed by atoms with Gasteiger partial charge >= 0.3 is 0 Å². The Balaban J connectivity index is 2.24. The number of benzene rings is 1. The fourth-order valence-electron chi connectivity index (χ4n) is 1.68. The molecule has 1 aromatic carbocycles. The maximum Gasteiger partial charge on any atom is 0.136 e. The molecule has 0 aliphatic rings. The highest BCUT2D eigenvalue weighted by Crippen LogP contribution is 2.32. The van der Waals surface area contributed by atoms with Gasteiger partial charge in [0.05, 0.1) is 7.11 Å². The second-order valence-corrected chi connectivity index (χ2v) is 5.40. The second kappa shape index (κ2) is 6.78. The van der Waals surface area contributed by atoms with Gasteiger partial charge in [-0.3, -0.25) is 0 Å². The molecular formula is C14H15ClN2OS. The Labute approximate surface area is 122 Å². The molecule has 0 saturated heterocycles. The number of halogens is 1. The van der Waals surface area contributed by atoms with E-state index in [0.717, 1.165) is 34.1 Å². The van der Waals surface area contributed by atoms with Gasteiger partial charge in [0.25, 0.3) is 0 Å². The van der Waals surface area contributed by atoms with E-state index in [4.69, 9.17) is 16.3 Å². The second-order valence-electron chi connectivity index (χ2n) is 3.98. The van der Waals surface area contributed by atoms with Crippen LogP contribution in [0.4, 0.5) is 0 Å². The molecule has 0 bridgehead atoms. The molecule has 0 radical (unpaired) electrons. The van der Waals surface area contributed by atoms with E-state index in [1.165, 1.54) is 6.33 Å². The molecule has 0 fully saturated rings. The number of nitrogens with zero attached hydrogens (tertiary/aromatic N) is 2. The van der Waals surface area contributed by atoms with Gasteiger partial charge in [-0.1, -0.05) is 36.7 Å². The number of hydrogen-bond acceptors (Lipinski definition) is 4. The lowest BCUT2D eigenvalue weighted by Crippen LogP contribution is -1.95. The molecule has 0 atom stereocenters. The number of ether oxygens (including phenoxy) is 1. The van der Waals surface area contributed by atoms with E-state index in [2.05, 4.69) is 16.9 Å². The van der Waals surface area contributed by atoms with Crippen LogP contribution in [-0.2, 0) is 6.42 Å². The van der Waals surface area contributed by atoms with Gasteiger partial charge in [-0.15, -0.1) is 0 Å². The summed E-state index contributed by atoms with van der Waals surface area (Å²) in [6.45, 7) is 2.12. The molecule has 0 saturated carbocycles. The minimum atomic E-state index is 0.549. The molecule has 1 aromatic heterocycles. The van der Waals surface area contributed by atoms with E-state index in [1.54, 1.807) is 18.9 Å². The normalized spacial score (nSPS) is 10.5. The predicted molar refractivity (Wildman–Crippen MR) is 78.2 cm³/mol. The number of rotatable bonds is 5. The third-order valence-electron chi connectivity index (χ3n) is 2.63. The van der Waals surface area contributed by atoms with Crippen molar-refractivity contribution in [2.45, 2.75) is 29.7 Å². The van der Waals surface area contributed by atoms with Crippen molar-refractivity contribution in [1.82, 2.24) is 9.97 Å². The van der Waals surface area contributed by atoms with E-state index in [1.807, 2.05) is 24.3 Å². The van der Waals surface area contributed by atoms with Crippen LogP contribution in [0.2, 0.25) is 5.15 Å². The average molecular weight is 295 g/mol. The molecule has 0 N–H and O–H groups in total. The van der Waals surface area contributed by atoms with E-state index in [0.29, 0.717) is 5.15 Å². The highest BCUT2D eigenvalue weighted by Gasteiger charge is 2.10. The van der Waals surface area contributed by atoms with Crippen LogP contribution < -0.4 is 4.74 Å². The van der Waals surface area contributed by atoms with E-state index < -0.39 is 0 Å². The number of aromatic nitrogens is 2. The van der Waals surface area contributed by atoms with Crippen molar-refractivity contribution >= 4 is 23.4 Å². The van der Waals surface area contributed by atoms with Crippen molar-refractivity contribution in [3.63, 3.8) is 0 Å². The number of hydrogen-bond donors (Lipinski definition) is 0. The molecule has 0 unspecified atom stereocenters. The molecule has 5 heteroatoms. The van der Waals surface area contributed by atoms with Crippen molar-refractivity contribution in [2.24, 2.45) is 0 Å². The molecule has 19 heavy (non-hydrogen) atoms. The molecule has 0 spiro atoms. The summed E-state index contributed by atoms with van der Waals surface area (Å²) in [4.78, 5) is 9.49. The Morgan fingerprint density at radius 1 is 1.21 bits per heavy atom. The summed E-state index contributed by atoms with van der Waals surface area (Å²) in [6.07, 6.45) is 3.41. The summed E-state index contributed by atoms with van der Waals surface area (Å²) >= 11 is 7.73. The van der Waals surface area contributed by atoms with Crippen molar-refractivity contribution in [1.29, 1.82) is 0 Å². The fraction of sp³-hybridized carbons (Fsp3) is 0.286. The summed E-state index contributed by atoms with van der Waals surface area (Å²) in [5.41, 5.74) is 1.02. The molecule has 2 aromatic rings. The minimum Gasteiger partial charge on any atom is -0.497 e. The van der Waals surface area contributed by atoms with E-state index in [9.17, 15) is 0 Å². The Hall–Kier alpha value is -1.26. The largest absolute Gasteiger partial charge is 0.497 e. The SMILES string of the molecule is CCCc1c(Cl)ncnc1Sc1ccc(OC)cc1. The zero-order valence-corrected chi connectivity index (χ0v) is 12.5. The lowest BCUT2D eigenvalue weighted by atomic mass is 10.2. The third-order valence-corrected chi connectivity index (χ3v) is 4.01. The van der Waals surface area contributed by atoms with Crippen molar-refractivity contribution < 1.29 is 4.74 Å². The Morgan fingerprint density at radius 3 is 2.58 bits per heavy atom. The summed E-state index contributed by atoms with van der Waals surface area (Å²) < 4.78 is 5.14. The minimum absolute atomic E-state index is 0.549. The maximum atomic E-state index is 6.14. The summed E-state index contributed by atoms with van der Waals surface area (Å²) in [5.74, 6) is 0.846. The van der Waals surface area contributed by atoms with Crippen LogP contribution in [0.1, 0.15) is 18.9 Å². The van der Waals surface area contributed by atoms with Gasteiger partial charge in [-0.2, -0.15) is 0 Å². The van der Waals surface area contributed by atoms with Gasteiger partial charge in [0.2, 0.25) is 0 Å². The fourth-order valence-corrected chi connectivity index (χ4v) is 2.88. The van der Waals surface area contributed by atoms with Crippen LogP contribution >= 0.6 is 23.4 Å². The first-order valence-electron chi connectivity index (χ1n) is 6.06. The molecule has 0 amide bonds. The van der Waals surface area contributed by atoms with Crippen molar-refractivity contribution in [3.8, 4) is 5.75 Å². The Morgan fingerprint density at radius 2 is 1.95 bits per heavy atom. The first kappa shape index (κ1) is 14.2. The number of methoxy groups -OCH3 is 1. The lowest BCUT2D eigenvalue weighted by molar-refractivity contribution is 0.414. The van der Waals surface area contributed by atoms with Crippen molar-refractivity contribution in [3.05, 3.63) is 41.3 Å².